The summed E-state index contributed by atoms with van der Waals surface area (Å²) >= 11 is 0. The van der Waals surface area contributed by atoms with Crippen molar-refractivity contribution in [1.82, 2.24) is 0 Å². The molecule has 2 rings (SSSR count). The first-order valence-electron chi connectivity index (χ1n) is 4.53. The third-order valence-electron chi connectivity index (χ3n) is 2.01. The molecule has 63 valence electrons. The lowest BCUT2D eigenvalue weighted by atomic mass is 10.1. The van der Waals surface area contributed by atoms with Crippen molar-refractivity contribution in [3.05, 3.63) is 35.4 Å². The molecule has 0 unspecified atom stereocenters. The van der Waals surface area contributed by atoms with Crippen LogP contribution in [-0.4, -0.2) is 8.41 Å². The van der Waals surface area contributed by atoms with Gasteiger partial charge >= 0.3 is 0 Å². The standard InChI is InChI=1S/C9H10.C2H6.B/c1-2-5-9-7-3-6-8(9)4-1;1-2;/h1-2,4-5H,3,6-7H2;1-2H3;. The molecular formula is C11H16B. The van der Waals surface area contributed by atoms with Gasteiger partial charge < -0.3 is 0 Å². The molecule has 0 nitrogen and oxygen atoms in total. The van der Waals surface area contributed by atoms with Crippen LogP contribution >= 0.6 is 0 Å². The number of rotatable bonds is 0. The first-order chi connectivity index (χ1) is 5.47. The van der Waals surface area contributed by atoms with Gasteiger partial charge in [-0.1, -0.05) is 38.1 Å². The second-order valence-corrected chi connectivity index (χ2v) is 2.62. The zero-order valence-corrected chi connectivity index (χ0v) is 8.01. The summed E-state index contributed by atoms with van der Waals surface area (Å²) < 4.78 is 0. The average Bonchev–Trinajstić information content (AvgIpc) is 2.55. The van der Waals surface area contributed by atoms with Gasteiger partial charge in [0.25, 0.3) is 0 Å². The Morgan fingerprint density at radius 1 is 0.917 bits per heavy atom. The lowest BCUT2D eigenvalue weighted by Gasteiger charge is -1.93. The Morgan fingerprint density at radius 2 is 1.33 bits per heavy atom. The van der Waals surface area contributed by atoms with Crippen molar-refractivity contribution < 1.29 is 0 Å². The second-order valence-electron chi connectivity index (χ2n) is 2.62. The molecule has 0 saturated carbocycles. The van der Waals surface area contributed by atoms with Crippen LogP contribution in [0.4, 0.5) is 0 Å². The van der Waals surface area contributed by atoms with Crippen molar-refractivity contribution in [2.75, 3.05) is 0 Å². The number of hydrogen-bond donors (Lipinski definition) is 0. The number of fused-ring (bicyclic) bond motifs is 1. The largest absolute Gasteiger partial charge is 0.0683 e. The van der Waals surface area contributed by atoms with Crippen molar-refractivity contribution in [1.29, 1.82) is 0 Å². The Morgan fingerprint density at radius 3 is 1.75 bits per heavy atom. The van der Waals surface area contributed by atoms with Gasteiger partial charge in [-0.05, 0) is 30.4 Å². The SMILES string of the molecule is CC.[B].c1ccc2c(c1)CCC2. The van der Waals surface area contributed by atoms with E-state index < -0.39 is 0 Å². The molecular weight excluding hydrogens is 143 g/mol. The molecule has 1 aromatic carbocycles. The van der Waals surface area contributed by atoms with Crippen LogP contribution in [0.5, 0.6) is 0 Å². The number of benzene rings is 1. The van der Waals surface area contributed by atoms with E-state index in [1.54, 1.807) is 11.1 Å². The first-order valence-corrected chi connectivity index (χ1v) is 4.53. The van der Waals surface area contributed by atoms with E-state index in [1.807, 2.05) is 13.8 Å². The molecule has 0 saturated heterocycles. The average molecular weight is 159 g/mol. The minimum Gasteiger partial charge on any atom is -0.0683 e. The highest BCUT2D eigenvalue weighted by atomic mass is 14.1. The third kappa shape index (κ3) is 2.40. The molecule has 0 fully saturated rings. The van der Waals surface area contributed by atoms with E-state index in [0.29, 0.717) is 0 Å². The summed E-state index contributed by atoms with van der Waals surface area (Å²) in [5.41, 5.74) is 3.13. The smallest absolute Gasteiger partial charge is 0 e. The minimum atomic E-state index is 0. The Bertz CT molecular complexity index is 195. The Balaban J connectivity index is 0.000000378. The van der Waals surface area contributed by atoms with E-state index in [9.17, 15) is 0 Å². The molecule has 12 heavy (non-hydrogen) atoms. The quantitative estimate of drug-likeness (QED) is 0.510. The maximum Gasteiger partial charge on any atom is 0 e. The van der Waals surface area contributed by atoms with Crippen molar-refractivity contribution in [2.24, 2.45) is 0 Å². The maximum atomic E-state index is 2.24. The Hall–Kier alpha value is -0.715. The van der Waals surface area contributed by atoms with E-state index in [4.69, 9.17) is 0 Å². The van der Waals surface area contributed by atoms with Gasteiger partial charge in [-0.3, -0.25) is 0 Å². The Kier molecular flexibility index (Phi) is 5.52. The zero-order valence-electron chi connectivity index (χ0n) is 8.01. The summed E-state index contributed by atoms with van der Waals surface area (Å²) in [4.78, 5) is 0. The first kappa shape index (κ1) is 11.3. The number of hydrogen-bond acceptors (Lipinski definition) is 0. The van der Waals surface area contributed by atoms with Crippen LogP contribution in [0.1, 0.15) is 31.4 Å². The van der Waals surface area contributed by atoms with Crippen molar-refractivity contribution >= 4 is 8.41 Å². The van der Waals surface area contributed by atoms with Gasteiger partial charge in [-0.2, -0.15) is 0 Å². The topological polar surface area (TPSA) is 0 Å². The van der Waals surface area contributed by atoms with Crippen LogP contribution in [-0.2, 0) is 12.8 Å². The van der Waals surface area contributed by atoms with Gasteiger partial charge in [0.2, 0.25) is 0 Å². The molecule has 0 aliphatic heterocycles. The monoisotopic (exact) mass is 159 g/mol. The van der Waals surface area contributed by atoms with Crippen LogP contribution < -0.4 is 0 Å². The summed E-state index contributed by atoms with van der Waals surface area (Å²) in [7, 11) is 0. The van der Waals surface area contributed by atoms with Gasteiger partial charge in [-0.15, -0.1) is 0 Å². The van der Waals surface area contributed by atoms with Gasteiger partial charge in [0.05, 0.1) is 0 Å². The van der Waals surface area contributed by atoms with Gasteiger partial charge in [-0.25, -0.2) is 0 Å². The predicted molar refractivity (Wildman–Crippen MR) is 55.6 cm³/mol. The molecule has 0 spiro atoms. The highest BCUT2D eigenvalue weighted by Crippen LogP contribution is 2.20. The summed E-state index contributed by atoms with van der Waals surface area (Å²) in [6.07, 6.45) is 3.96. The van der Waals surface area contributed by atoms with E-state index >= 15 is 0 Å². The van der Waals surface area contributed by atoms with Crippen molar-refractivity contribution in [3.8, 4) is 0 Å². The molecule has 0 heterocycles. The maximum absolute atomic E-state index is 2.24. The lowest BCUT2D eigenvalue weighted by molar-refractivity contribution is 0.912. The van der Waals surface area contributed by atoms with E-state index in [1.165, 1.54) is 19.3 Å². The molecule has 0 N–H and O–H groups in total. The van der Waals surface area contributed by atoms with Crippen molar-refractivity contribution in [3.63, 3.8) is 0 Å². The summed E-state index contributed by atoms with van der Waals surface area (Å²) in [5.74, 6) is 0. The highest BCUT2D eigenvalue weighted by Gasteiger charge is 2.07. The van der Waals surface area contributed by atoms with E-state index in [0.717, 1.165) is 0 Å². The molecule has 0 aromatic heterocycles. The van der Waals surface area contributed by atoms with Gasteiger partial charge in [0, 0.05) is 8.41 Å². The highest BCUT2D eigenvalue weighted by molar-refractivity contribution is 5.75. The van der Waals surface area contributed by atoms with Crippen LogP contribution in [0.15, 0.2) is 24.3 Å². The van der Waals surface area contributed by atoms with Crippen molar-refractivity contribution in [2.45, 2.75) is 33.1 Å². The minimum absolute atomic E-state index is 0. The zero-order chi connectivity index (χ0) is 8.10. The molecule has 1 aliphatic carbocycles. The van der Waals surface area contributed by atoms with Gasteiger partial charge in [0.15, 0.2) is 0 Å². The van der Waals surface area contributed by atoms with E-state index in [-0.39, 0.29) is 8.41 Å². The summed E-state index contributed by atoms with van der Waals surface area (Å²) in [6.45, 7) is 4.00. The van der Waals surface area contributed by atoms with Crippen LogP contribution in [0.3, 0.4) is 0 Å². The molecule has 0 atom stereocenters. The van der Waals surface area contributed by atoms with E-state index in [2.05, 4.69) is 24.3 Å². The number of aryl methyl sites for hydroxylation is 2. The molecule has 1 heteroatoms. The predicted octanol–water partition coefficient (Wildman–Crippen LogP) is 2.82. The molecule has 1 aliphatic rings. The van der Waals surface area contributed by atoms with Crippen LogP contribution in [0, 0.1) is 0 Å². The molecule has 3 radical (unpaired) electrons. The van der Waals surface area contributed by atoms with Gasteiger partial charge in [0.1, 0.15) is 0 Å². The lowest BCUT2D eigenvalue weighted by Crippen LogP contribution is -1.77. The molecule has 0 bridgehead atoms. The normalized spacial score (nSPS) is 12.2. The third-order valence-corrected chi connectivity index (χ3v) is 2.01. The summed E-state index contributed by atoms with van der Waals surface area (Å²) in [5, 5.41) is 0. The second kappa shape index (κ2) is 5.88. The fourth-order valence-corrected chi connectivity index (χ4v) is 1.51. The molecule has 1 aromatic rings. The molecule has 0 amide bonds. The fraction of sp³-hybridized carbons (Fsp3) is 0.455. The summed E-state index contributed by atoms with van der Waals surface area (Å²) in [6, 6.07) is 8.74. The Labute approximate surface area is 77.6 Å². The fourth-order valence-electron chi connectivity index (χ4n) is 1.51. The van der Waals surface area contributed by atoms with Crippen LogP contribution in [0.2, 0.25) is 0 Å². The van der Waals surface area contributed by atoms with Crippen LogP contribution in [0.25, 0.3) is 0 Å².